The monoisotopic (exact) mass is 386 g/mol. The molecule has 1 saturated heterocycles. The van der Waals surface area contributed by atoms with Gasteiger partial charge in [0.25, 0.3) is 0 Å². The molecule has 3 rings (SSSR count). The highest BCUT2D eigenvalue weighted by atomic mass is 32.2. The Morgan fingerprint density at radius 1 is 1.26 bits per heavy atom. The predicted molar refractivity (Wildman–Crippen MR) is 105 cm³/mol. The van der Waals surface area contributed by atoms with Gasteiger partial charge in [0.15, 0.2) is 0 Å². The van der Waals surface area contributed by atoms with E-state index in [1.54, 1.807) is 49.6 Å². The highest BCUT2D eigenvalue weighted by Gasteiger charge is 2.33. The minimum Gasteiger partial charge on any atom is -0.497 e. The molecule has 1 heterocycles. The number of hydrogen-bond donors (Lipinski definition) is 1. The van der Waals surface area contributed by atoms with E-state index in [0.29, 0.717) is 28.6 Å². The first-order valence-corrected chi connectivity index (χ1v) is 9.49. The van der Waals surface area contributed by atoms with Gasteiger partial charge in [-0.25, -0.2) is 4.39 Å². The second-order valence-corrected chi connectivity index (χ2v) is 6.93. The van der Waals surface area contributed by atoms with Gasteiger partial charge in [-0.15, -0.1) is 11.8 Å². The van der Waals surface area contributed by atoms with Crippen LogP contribution in [0.25, 0.3) is 6.08 Å². The fourth-order valence-corrected chi connectivity index (χ4v) is 3.81. The third-order valence-corrected chi connectivity index (χ3v) is 5.10. The lowest BCUT2D eigenvalue weighted by Gasteiger charge is -2.21. The van der Waals surface area contributed by atoms with Crippen LogP contribution in [0.2, 0.25) is 0 Å². The Bertz CT molecular complexity index is 855. The molecule has 1 fully saturated rings. The first-order valence-electron chi connectivity index (χ1n) is 8.34. The molecule has 0 aromatic heterocycles. The number of anilines is 1. The summed E-state index contributed by atoms with van der Waals surface area (Å²) in [6.07, 6.45) is 2.92. The van der Waals surface area contributed by atoms with Crippen molar-refractivity contribution in [2.75, 3.05) is 24.1 Å². The maximum Gasteiger partial charge on any atom is 0.248 e. The average molecular weight is 386 g/mol. The van der Waals surface area contributed by atoms with Crippen LogP contribution in [0, 0.1) is 5.82 Å². The van der Waals surface area contributed by atoms with Crippen molar-refractivity contribution in [3.05, 3.63) is 66.0 Å². The van der Waals surface area contributed by atoms with Crippen LogP contribution < -0.4 is 10.1 Å². The molecule has 2 aromatic carbocycles. The molecule has 0 radical (unpaired) electrons. The highest BCUT2D eigenvalue weighted by molar-refractivity contribution is 7.99. The van der Waals surface area contributed by atoms with E-state index < -0.39 is 6.04 Å². The number of carbonyl (C=O) groups is 2. The summed E-state index contributed by atoms with van der Waals surface area (Å²) >= 11 is 1.52. The zero-order chi connectivity index (χ0) is 19.2. The molecule has 0 saturated carbocycles. The number of methoxy groups -OCH3 is 1. The fourth-order valence-electron chi connectivity index (χ4n) is 2.65. The summed E-state index contributed by atoms with van der Waals surface area (Å²) in [6.45, 7) is 0. The van der Waals surface area contributed by atoms with E-state index in [2.05, 4.69) is 5.32 Å². The maximum atomic E-state index is 13.2. The molecular formula is C20H19FN2O3S. The van der Waals surface area contributed by atoms with Crippen molar-refractivity contribution < 1.29 is 18.7 Å². The summed E-state index contributed by atoms with van der Waals surface area (Å²) in [7, 11) is 1.57. The topological polar surface area (TPSA) is 58.6 Å². The number of ether oxygens (including phenoxy) is 1. The maximum absolute atomic E-state index is 13.2. The number of thioether (sulfide) groups is 1. The molecule has 1 N–H and O–H groups in total. The molecule has 5 nitrogen and oxygen atoms in total. The summed E-state index contributed by atoms with van der Waals surface area (Å²) in [6, 6.07) is 12.4. The predicted octanol–water partition coefficient (Wildman–Crippen LogP) is 3.39. The SMILES string of the molecule is COc1ccc(NC(=O)C2CSCN2C(=O)/C=C/c2cccc(F)c2)cc1. The Kier molecular flexibility index (Phi) is 6.13. The van der Waals surface area contributed by atoms with Crippen molar-refractivity contribution in [3.63, 3.8) is 0 Å². The molecule has 140 valence electrons. The molecule has 0 aliphatic carbocycles. The third kappa shape index (κ3) is 4.89. The van der Waals surface area contributed by atoms with Crippen molar-refractivity contribution >= 4 is 35.3 Å². The number of halogens is 1. The summed E-state index contributed by atoms with van der Waals surface area (Å²) in [5.41, 5.74) is 1.23. The van der Waals surface area contributed by atoms with E-state index in [0.717, 1.165) is 0 Å². The van der Waals surface area contributed by atoms with Gasteiger partial charge in [0, 0.05) is 17.5 Å². The minimum atomic E-state index is -0.554. The Morgan fingerprint density at radius 3 is 2.74 bits per heavy atom. The van der Waals surface area contributed by atoms with E-state index in [9.17, 15) is 14.0 Å². The normalized spacial score (nSPS) is 16.5. The van der Waals surface area contributed by atoms with Gasteiger partial charge >= 0.3 is 0 Å². The number of carbonyl (C=O) groups excluding carboxylic acids is 2. The summed E-state index contributed by atoms with van der Waals surface area (Å²) in [5.74, 6) is 0.785. The zero-order valence-corrected chi connectivity index (χ0v) is 15.5. The molecule has 1 aliphatic heterocycles. The van der Waals surface area contributed by atoms with Gasteiger partial charge in [-0.05, 0) is 48.0 Å². The van der Waals surface area contributed by atoms with Crippen LogP contribution in [0.4, 0.5) is 10.1 Å². The standard InChI is InChI=1S/C20H19FN2O3S/c1-26-17-8-6-16(7-9-17)22-20(25)18-12-27-13-23(18)19(24)10-5-14-3-2-4-15(21)11-14/h2-11,18H,12-13H2,1H3,(H,22,25)/b10-5+. The first kappa shape index (κ1) is 19.0. The molecule has 0 spiro atoms. The summed E-state index contributed by atoms with van der Waals surface area (Å²) in [5, 5.41) is 2.83. The van der Waals surface area contributed by atoms with Crippen LogP contribution in [0.15, 0.2) is 54.6 Å². The molecule has 27 heavy (non-hydrogen) atoms. The first-order chi connectivity index (χ1) is 13.1. The van der Waals surface area contributed by atoms with E-state index in [4.69, 9.17) is 4.74 Å². The Labute approximate surface area is 161 Å². The number of nitrogens with one attached hydrogen (secondary N) is 1. The van der Waals surface area contributed by atoms with Gasteiger partial charge < -0.3 is 15.0 Å². The Morgan fingerprint density at radius 2 is 2.04 bits per heavy atom. The number of rotatable bonds is 5. The van der Waals surface area contributed by atoms with Gasteiger partial charge in [0.1, 0.15) is 17.6 Å². The van der Waals surface area contributed by atoms with Gasteiger partial charge in [-0.3, -0.25) is 9.59 Å². The third-order valence-electron chi connectivity index (χ3n) is 4.09. The summed E-state index contributed by atoms with van der Waals surface area (Å²) < 4.78 is 18.3. The van der Waals surface area contributed by atoms with Crippen LogP contribution in [0.5, 0.6) is 5.75 Å². The van der Waals surface area contributed by atoms with Crippen LogP contribution in [0.3, 0.4) is 0 Å². The second-order valence-electron chi connectivity index (χ2n) is 5.93. The van der Waals surface area contributed by atoms with Crippen LogP contribution >= 0.6 is 11.8 Å². The van der Waals surface area contributed by atoms with Gasteiger partial charge in [-0.1, -0.05) is 12.1 Å². The molecular weight excluding hydrogens is 367 g/mol. The number of benzene rings is 2. The lowest BCUT2D eigenvalue weighted by atomic mass is 10.2. The molecule has 1 unspecified atom stereocenters. The lowest BCUT2D eigenvalue weighted by molar-refractivity contribution is -0.132. The van der Waals surface area contributed by atoms with Crippen LogP contribution in [0.1, 0.15) is 5.56 Å². The van der Waals surface area contributed by atoms with Crippen molar-refractivity contribution in [1.29, 1.82) is 0 Å². The number of nitrogens with zero attached hydrogens (tertiary/aromatic N) is 1. The van der Waals surface area contributed by atoms with Crippen LogP contribution in [-0.4, -0.2) is 41.5 Å². The van der Waals surface area contributed by atoms with E-state index in [1.807, 2.05) is 0 Å². The van der Waals surface area contributed by atoms with Gasteiger partial charge in [0.2, 0.25) is 11.8 Å². The van der Waals surface area contributed by atoms with Crippen molar-refractivity contribution in [3.8, 4) is 5.75 Å². The van der Waals surface area contributed by atoms with E-state index >= 15 is 0 Å². The molecule has 7 heteroatoms. The van der Waals surface area contributed by atoms with E-state index in [-0.39, 0.29) is 17.6 Å². The van der Waals surface area contributed by atoms with Crippen molar-refractivity contribution in [2.24, 2.45) is 0 Å². The Hall–Kier alpha value is -2.80. The smallest absolute Gasteiger partial charge is 0.248 e. The quantitative estimate of drug-likeness (QED) is 0.801. The Balaban J connectivity index is 1.64. The van der Waals surface area contributed by atoms with Gasteiger partial charge in [0.05, 0.1) is 13.0 Å². The fraction of sp³-hybridized carbons (Fsp3) is 0.200. The van der Waals surface area contributed by atoms with Gasteiger partial charge in [-0.2, -0.15) is 0 Å². The zero-order valence-electron chi connectivity index (χ0n) is 14.7. The number of amides is 2. The summed E-state index contributed by atoms with van der Waals surface area (Å²) in [4.78, 5) is 26.6. The van der Waals surface area contributed by atoms with Crippen molar-refractivity contribution in [2.45, 2.75) is 6.04 Å². The molecule has 2 amide bonds. The average Bonchev–Trinajstić information content (AvgIpc) is 3.17. The largest absolute Gasteiger partial charge is 0.497 e. The minimum absolute atomic E-state index is 0.238. The lowest BCUT2D eigenvalue weighted by Crippen LogP contribution is -2.43. The number of hydrogen-bond acceptors (Lipinski definition) is 4. The molecule has 1 aliphatic rings. The van der Waals surface area contributed by atoms with Crippen molar-refractivity contribution in [1.82, 2.24) is 4.90 Å². The van der Waals surface area contributed by atoms with Crippen LogP contribution in [-0.2, 0) is 9.59 Å². The molecule has 0 bridgehead atoms. The second kappa shape index (κ2) is 8.73. The molecule has 1 atom stereocenters. The molecule has 2 aromatic rings. The van der Waals surface area contributed by atoms with E-state index in [1.165, 1.54) is 34.9 Å². The highest BCUT2D eigenvalue weighted by Crippen LogP contribution is 2.23.